The van der Waals surface area contributed by atoms with Crippen molar-refractivity contribution in [1.29, 1.82) is 5.26 Å². The van der Waals surface area contributed by atoms with Crippen molar-refractivity contribution in [2.24, 2.45) is 0 Å². The van der Waals surface area contributed by atoms with Crippen molar-refractivity contribution in [3.8, 4) is 6.07 Å². The number of hydrogen-bond donors (Lipinski definition) is 2. The summed E-state index contributed by atoms with van der Waals surface area (Å²) in [5.74, 6) is -0.610. The molecule has 0 saturated heterocycles. The van der Waals surface area contributed by atoms with Crippen molar-refractivity contribution in [1.82, 2.24) is 0 Å². The second kappa shape index (κ2) is 7.10. The first-order chi connectivity index (χ1) is 8.99. The zero-order valence-corrected chi connectivity index (χ0v) is 11.1. The standard InChI is InChI=1S/C13H14ClNO4/c1-2-19-12(17)6-11(16)13(18)9-5-8(7-15)3-4-10(9)14/h3-5,11,13,16,18H,2,6H2,1H3. The third-order valence-electron chi connectivity index (χ3n) is 2.49. The predicted octanol–water partition coefficient (Wildman–Crippen LogP) is 1.56. The number of hydrogen-bond acceptors (Lipinski definition) is 5. The predicted molar refractivity (Wildman–Crippen MR) is 68.4 cm³/mol. The van der Waals surface area contributed by atoms with Gasteiger partial charge in [0.25, 0.3) is 0 Å². The fourth-order valence-corrected chi connectivity index (χ4v) is 1.78. The van der Waals surface area contributed by atoms with Crippen LogP contribution in [0.15, 0.2) is 18.2 Å². The number of halogens is 1. The summed E-state index contributed by atoms with van der Waals surface area (Å²) in [6.45, 7) is 1.85. The number of aliphatic hydroxyl groups is 2. The maximum atomic E-state index is 11.2. The molecule has 19 heavy (non-hydrogen) atoms. The quantitative estimate of drug-likeness (QED) is 0.800. The summed E-state index contributed by atoms with van der Waals surface area (Å²) in [7, 11) is 0. The molecule has 2 N–H and O–H groups in total. The highest BCUT2D eigenvalue weighted by Gasteiger charge is 2.24. The minimum absolute atomic E-state index is 0.201. The van der Waals surface area contributed by atoms with E-state index in [1.54, 1.807) is 6.92 Å². The van der Waals surface area contributed by atoms with E-state index in [0.717, 1.165) is 0 Å². The zero-order chi connectivity index (χ0) is 14.4. The molecule has 1 aromatic rings. The first-order valence-electron chi connectivity index (χ1n) is 5.70. The Bertz CT molecular complexity index is 498. The van der Waals surface area contributed by atoms with Gasteiger partial charge in [0.2, 0.25) is 0 Å². The Morgan fingerprint density at radius 2 is 2.21 bits per heavy atom. The third-order valence-corrected chi connectivity index (χ3v) is 2.83. The molecule has 2 atom stereocenters. The van der Waals surface area contributed by atoms with Gasteiger partial charge >= 0.3 is 5.97 Å². The maximum Gasteiger partial charge on any atom is 0.308 e. The summed E-state index contributed by atoms with van der Waals surface area (Å²) in [5, 5.41) is 28.7. The average Bonchev–Trinajstić information content (AvgIpc) is 2.38. The molecule has 0 aliphatic rings. The van der Waals surface area contributed by atoms with Gasteiger partial charge in [0.05, 0.1) is 30.8 Å². The van der Waals surface area contributed by atoms with E-state index in [4.69, 9.17) is 16.9 Å². The van der Waals surface area contributed by atoms with Crippen molar-refractivity contribution >= 4 is 17.6 Å². The smallest absolute Gasteiger partial charge is 0.308 e. The van der Waals surface area contributed by atoms with E-state index in [1.165, 1.54) is 18.2 Å². The number of carbonyl (C=O) groups excluding carboxylic acids is 1. The fourth-order valence-electron chi connectivity index (χ4n) is 1.55. The molecule has 0 aliphatic carbocycles. The van der Waals surface area contributed by atoms with Crippen LogP contribution in [-0.2, 0) is 9.53 Å². The molecule has 2 unspecified atom stereocenters. The second-order valence-electron chi connectivity index (χ2n) is 3.87. The van der Waals surface area contributed by atoms with Crippen LogP contribution < -0.4 is 0 Å². The van der Waals surface area contributed by atoms with Crippen LogP contribution >= 0.6 is 11.6 Å². The van der Waals surface area contributed by atoms with Gasteiger partial charge in [-0.2, -0.15) is 5.26 Å². The van der Waals surface area contributed by atoms with Gasteiger partial charge in [0.1, 0.15) is 6.10 Å². The molecule has 0 spiro atoms. The Morgan fingerprint density at radius 3 is 2.79 bits per heavy atom. The average molecular weight is 284 g/mol. The molecule has 0 radical (unpaired) electrons. The van der Waals surface area contributed by atoms with Crippen LogP contribution in [0.4, 0.5) is 0 Å². The molecule has 0 aromatic heterocycles. The molecule has 0 bridgehead atoms. The van der Waals surface area contributed by atoms with E-state index in [1.807, 2.05) is 6.07 Å². The minimum Gasteiger partial charge on any atom is -0.466 e. The Hall–Kier alpha value is -1.61. The van der Waals surface area contributed by atoms with E-state index in [-0.39, 0.29) is 23.6 Å². The maximum absolute atomic E-state index is 11.2. The first kappa shape index (κ1) is 15.4. The molecule has 0 amide bonds. The van der Waals surface area contributed by atoms with Crippen molar-refractivity contribution in [3.05, 3.63) is 34.3 Å². The number of aliphatic hydroxyl groups excluding tert-OH is 2. The lowest BCUT2D eigenvalue weighted by Crippen LogP contribution is -2.23. The number of benzene rings is 1. The summed E-state index contributed by atoms with van der Waals surface area (Å²) in [5.41, 5.74) is 0.513. The second-order valence-corrected chi connectivity index (χ2v) is 4.28. The molecular weight excluding hydrogens is 270 g/mol. The Balaban J connectivity index is 2.84. The van der Waals surface area contributed by atoms with Crippen LogP contribution in [0.1, 0.15) is 30.6 Å². The number of ether oxygens (including phenoxy) is 1. The summed E-state index contributed by atoms with van der Waals surface area (Å²) < 4.78 is 4.68. The van der Waals surface area contributed by atoms with Crippen LogP contribution in [0.5, 0.6) is 0 Å². The third kappa shape index (κ3) is 4.21. The summed E-state index contributed by atoms with van der Waals surface area (Å²) in [6, 6.07) is 6.23. The van der Waals surface area contributed by atoms with Gasteiger partial charge in [-0.15, -0.1) is 0 Å². The van der Waals surface area contributed by atoms with E-state index < -0.39 is 18.2 Å². The molecule has 102 valence electrons. The van der Waals surface area contributed by atoms with Crippen molar-refractivity contribution in [2.45, 2.75) is 25.6 Å². The van der Waals surface area contributed by atoms with E-state index in [0.29, 0.717) is 5.56 Å². The number of rotatable bonds is 5. The largest absolute Gasteiger partial charge is 0.466 e. The van der Waals surface area contributed by atoms with Crippen LogP contribution in [0.25, 0.3) is 0 Å². The van der Waals surface area contributed by atoms with Gasteiger partial charge in [-0.25, -0.2) is 0 Å². The normalized spacial score (nSPS) is 13.4. The Kier molecular flexibility index (Phi) is 5.77. The van der Waals surface area contributed by atoms with Crippen LogP contribution in [-0.4, -0.2) is 28.9 Å². The lowest BCUT2D eigenvalue weighted by atomic mass is 10.0. The van der Waals surface area contributed by atoms with Gasteiger partial charge in [0.15, 0.2) is 0 Å². The van der Waals surface area contributed by atoms with Gasteiger partial charge in [0, 0.05) is 10.6 Å². The van der Waals surface area contributed by atoms with Crippen molar-refractivity contribution in [3.63, 3.8) is 0 Å². The van der Waals surface area contributed by atoms with Gasteiger partial charge in [-0.05, 0) is 25.1 Å². The molecule has 0 aliphatic heterocycles. The van der Waals surface area contributed by atoms with E-state index >= 15 is 0 Å². The molecule has 0 fully saturated rings. The molecule has 0 heterocycles. The van der Waals surface area contributed by atoms with Crippen LogP contribution in [0.2, 0.25) is 5.02 Å². The highest BCUT2D eigenvalue weighted by molar-refractivity contribution is 6.31. The monoisotopic (exact) mass is 283 g/mol. The van der Waals surface area contributed by atoms with Gasteiger partial charge in [-0.1, -0.05) is 11.6 Å². The van der Waals surface area contributed by atoms with Crippen LogP contribution in [0.3, 0.4) is 0 Å². The molecule has 6 heteroatoms. The number of esters is 1. The van der Waals surface area contributed by atoms with Gasteiger partial charge in [-0.3, -0.25) is 4.79 Å². The Morgan fingerprint density at radius 1 is 1.53 bits per heavy atom. The summed E-state index contributed by atoms with van der Waals surface area (Å²) in [4.78, 5) is 11.2. The molecule has 0 saturated carbocycles. The highest BCUT2D eigenvalue weighted by atomic mass is 35.5. The van der Waals surface area contributed by atoms with Crippen LogP contribution in [0, 0.1) is 11.3 Å². The number of nitrogens with zero attached hydrogens (tertiary/aromatic N) is 1. The minimum atomic E-state index is -1.36. The topological polar surface area (TPSA) is 90.6 Å². The number of carbonyl (C=O) groups is 1. The molecular formula is C13H14ClNO4. The lowest BCUT2D eigenvalue weighted by Gasteiger charge is -2.18. The summed E-state index contributed by atoms with van der Waals surface area (Å²) >= 11 is 5.89. The number of nitriles is 1. The SMILES string of the molecule is CCOC(=O)CC(O)C(O)c1cc(C#N)ccc1Cl. The van der Waals surface area contributed by atoms with E-state index in [2.05, 4.69) is 4.74 Å². The summed E-state index contributed by atoms with van der Waals surface area (Å²) in [6.07, 6.45) is -3.04. The Labute approximate surface area is 116 Å². The zero-order valence-electron chi connectivity index (χ0n) is 10.3. The van der Waals surface area contributed by atoms with Gasteiger partial charge < -0.3 is 14.9 Å². The molecule has 5 nitrogen and oxygen atoms in total. The molecule has 1 rings (SSSR count). The van der Waals surface area contributed by atoms with Crippen molar-refractivity contribution in [2.75, 3.05) is 6.61 Å². The highest BCUT2D eigenvalue weighted by Crippen LogP contribution is 2.27. The molecule has 1 aromatic carbocycles. The van der Waals surface area contributed by atoms with Crippen molar-refractivity contribution < 1.29 is 19.7 Å². The lowest BCUT2D eigenvalue weighted by molar-refractivity contribution is -0.147. The first-order valence-corrected chi connectivity index (χ1v) is 6.08. The fraction of sp³-hybridized carbons (Fsp3) is 0.385. The van der Waals surface area contributed by atoms with E-state index in [9.17, 15) is 15.0 Å².